The van der Waals surface area contributed by atoms with E-state index < -0.39 is 17.7 Å². The van der Waals surface area contributed by atoms with Crippen molar-refractivity contribution in [3.63, 3.8) is 0 Å². The fourth-order valence-electron chi connectivity index (χ4n) is 3.66. The molecule has 1 aliphatic heterocycles. The molecule has 4 heterocycles. The van der Waals surface area contributed by atoms with Crippen LogP contribution in [-0.4, -0.2) is 55.5 Å². The summed E-state index contributed by atoms with van der Waals surface area (Å²) in [5.41, 5.74) is 1.24. The molecule has 0 atom stereocenters. The van der Waals surface area contributed by atoms with E-state index in [9.17, 15) is 14.4 Å². The van der Waals surface area contributed by atoms with Crippen LogP contribution in [0.5, 0.6) is 0 Å². The highest BCUT2D eigenvalue weighted by Gasteiger charge is 2.36. The summed E-state index contributed by atoms with van der Waals surface area (Å²) in [5.74, 6) is 0.0360. The van der Waals surface area contributed by atoms with E-state index in [1.807, 2.05) is 12.1 Å². The van der Waals surface area contributed by atoms with Gasteiger partial charge in [0.15, 0.2) is 5.65 Å². The van der Waals surface area contributed by atoms with Crippen LogP contribution < -0.4 is 10.6 Å². The summed E-state index contributed by atoms with van der Waals surface area (Å²) in [7, 11) is 0. The number of fused-ring (bicyclic) bond motifs is 2. The van der Waals surface area contributed by atoms with Crippen LogP contribution in [0.1, 0.15) is 26.5 Å². The van der Waals surface area contributed by atoms with Gasteiger partial charge in [0.1, 0.15) is 24.5 Å². The maximum Gasteiger partial charge on any atom is 0.262 e. The number of nitrogens with one attached hydrogen (secondary N) is 2. The second-order valence-corrected chi connectivity index (χ2v) is 7.35. The summed E-state index contributed by atoms with van der Waals surface area (Å²) in [6.45, 7) is 0.733. The first-order valence-electron chi connectivity index (χ1n) is 10.3. The molecule has 11 heteroatoms. The smallest absolute Gasteiger partial charge is 0.262 e. The number of anilines is 1. The van der Waals surface area contributed by atoms with Crippen LogP contribution in [0.15, 0.2) is 59.6 Å². The van der Waals surface area contributed by atoms with Crippen molar-refractivity contribution in [2.45, 2.75) is 13.1 Å². The Morgan fingerprint density at radius 2 is 1.82 bits per heavy atom. The highest BCUT2D eigenvalue weighted by Crippen LogP contribution is 2.22. The van der Waals surface area contributed by atoms with Gasteiger partial charge >= 0.3 is 0 Å². The lowest BCUT2D eigenvalue weighted by atomic mass is 10.1. The van der Waals surface area contributed by atoms with Gasteiger partial charge in [0.2, 0.25) is 5.91 Å². The van der Waals surface area contributed by atoms with Crippen molar-refractivity contribution in [2.75, 3.05) is 18.4 Å². The summed E-state index contributed by atoms with van der Waals surface area (Å²) in [6.07, 6.45) is 4.69. The number of carbonyl (C=O) groups excluding carboxylic acids is 3. The van der Waals surface area contributed by atoms with Gasteiger partial charge in [0.25, 0.3) is 11.8 Å². The maximum absolute atomic E-state index is 12.4. The van der Waals surface area contributed by atoms with Crippen LogP contribution in [-0.2, 0) is 17.9 Å². The molecule has 3 amide bonds. The number of amides is 3. The number of imide groups is 1. The second kappa shape index (κ2) is 8.54. The first-order valence-corrected chi connectivity index (χ1v) is 10.3. The molecule has 4 aromatic rings. The third-order valence-corrected chi connectivity index (χ3v) is 5.27. The lowest BCUT2D eigenvalue weighted by molar-refractivity contribution is -0.121. The van der Waals surface area contributed by atoms with Gasteiger partial charge in [-0.15, -0.1) is 0 Å². The minimum absolute atomic E-state index is 0.248. The zero-order chi connectivity index (χ0) is 22.8. The molecule has 2 N–H and O–H groups in total. The lowest BCUT2D eigenvalue weighted by Gasteiger charge is -2.13. The number of nitrogens with zero attached hydrogens (tertiary/aromatic N) is 5. The highest BCUT2D eigenvalue weighted by molar-refractivity contribution is 6.22. The molecular weight excluding hydrogens is 426 g/mol. The van der Waals surface area contributed by atoms with Crippen LogP contribution in [0, 0.1) is 0 Å². The first-order chi connectivity index (χ1) is 16.1. The molecule has 11 nitrogen and oxygen atoms in total. The molecule has 0 saturated carbocycles. The molecule has 0 bridgehead atoms. The zero-order valence-corrected chi connectivity index (χ0v) is 17.4. The molecular formula is C22H19N7O4. The molecule has 3 aromatic heterocycles. The Morgan fingerprint density at radius 3 is 2.55 bits per heavy atom. The van der Waals surface area contributed by atoms with Crippen molar-refractivity contribution in [3.8, 4) is 0 Å². The summed E-state index contributed by atoms with van der Waals surface area (Å²) < 4.78 is 6.96. The number of hydrogen-bond donors (Lipinski definition) is 2. The van der Waals surface area contributed by atoms with E-state index in [0.717, 1.165) is 16.0 Å². The largest absolute Gasteiger partial charge is 0.467 e. The van der Waals surface area contributed by atoms with Gasteiger partial charge < -0.3 is 15.1 Å². The Balaban J connectivity index is 1.18. The minimum Gasteiger partial charge on any atom is -0.467 e. The molecule has 0 saturated heterocycles. The van der Waals surface area contributed by atoms with E-state index in [1.165, 1.54) is 6.33 Å². The average Bonchev–Trinajstić information content (AvgIpc) is 3.55. The van der Waals surface area contributed by atoms with Gasteiger partial charge in [-0.2, -0.15) is 5.10 Å². The summed E-state index contributed by atoms with van der Waals surface area (Å²) in [6, 6.07) is 10.2. The van der Waals surface area contributed by atoms with E-state index in [1.54, 1.807) is 41.4 Å². The molecule has 5 rings (SSSR count). The van der Waals surface area contributed by atoms with Gasteiger partial charge in [0.05, 0.1) is 42.1 Å². The zero-order valence-electron chi connectivity index (χ0n) is 17.4. The SMILES string of the molecule is O=C(CN1C(=O)c2ccccc2C1=O)NCCn1ncc2c(NCc3ccco3)ncnc21. The molecule has 1 aromatic carbocycles. The predicted molar refractivity (Wildman–Crippen MR) is 116 cm³/mol. The van der Waals surface area contributed by atoms with E-state index in [4.69, 9.17) is 4.42 Å². The number of benzene rings is 1. The van der Waals surface area contributed by atoms with Crippen LogP contribution in [0.4, 0.5) is 5.82 Å². The maximum atomic E-state index is 12.4. The van der Waals surface area contributed by atoms with E-state index in [-0.39, 0.29) is 13.1 Å². The van der Waals surface area contributed by atoms with Crippen molar-refractivity contribution in [1.29, 1.82) is 0 Å². The topological polar surface area (TPSA) is 135 Å². The Hall–Kier alpha value is -4.54. The normalized spacial score (nSPS) is 12.9. The fraction of sp³-hybridized carbons (Fsp3) is 0.182. The Morgan fingerprint density at radius 1 is 1.03 bits per heavy atom. The van der Waals surface area contributed by atoms with E-state index in [0.29, 0.717) is 35.7 Å². The summed E-state index contributed by atoms with van der Waals surface area (Å²) in [4.78, 5) is 46.6. The third-order valence-electron chi connectivity index (χ3n) is 5.27. The Bertz CT molecular complexity index is 1310. The summed E-state index contributed by atoms with van der Waals surface area (Å²) in [5, 5.41) is 11.0. The molecule has 0 spiro atoms. The van der Waals surface area contributed by atoms with Gasteiger partial charge in [-0.3, -0.25) is 19.3 Å². The second-order valence-electron chi connectivity index (χ2n) is 7.35. The standard InChI is InChI=1S/C22H19N7O4/c30-18(12-28-21(31)15-5-1-2-6-16(15)22(28)32)23-7-8-29-20-17(11-27-29)19(25-13-26-20)24-10-14-4-3-9-33-14/h1-6,9,11,13H,7-8,10,12H2,(H,23,30)(H,24,25,26). The van der Waals surface area contributed by atoms with Gasteiger partial charge in [-0.05, 0) is 24.3 Å². The van der Waals surface area contributed by atoms with Gasteiger partial charge in [-0.25, -0.2) is 14.6 Å². The fourth-order valence-corrected chi connectivity index (χ4v) is 3.66. The molecule has 0 unspecified atom stereocenters. The number of aromatic nitrogens is 4. The molecule has 1 aliphatic rings. The van der Waals surface area contributed by atoms with Crippen molar-refractivity contribution < 1.29 is 18.8 Å². The number of carbonyl (C=O) groups is 3. The predicted octanol–water partition coefficient (Wildman–Crippen LogP) is 1.44. The summed E-state index contributed by atoms with van der Waals surface area (Å²) >= 11 is 0. The van der Waals surface area contributed by atoms with Crippen LogP contribution in [0.2, 0.25) is 0 Å². The van der Waals surface area contributed by atoms with Crippen molar-refractivity contribution in [1.82, 2.24) is 30.0 Å². The van der Waals surface area contributed by atoms with Crippen LogP contribution >= 0.6 is 0 Å². The first kappa shape index (κ1) is 20.4. The lowest BCUT2D eigenvalue weighted by Crippen LogP contribution is -2.41. The minimum atomic E-state index is -0.463. The Kier molecular flexibility index (Phi) is 5.27. The number of hydrogen-bond acceptors (Lipinski definition) is 8. The molecule has 0 fully saturated rings. The van der Waals surface area contributed by atoms with Crippen molar-refractivity contribution in [3.05, 3.63) is 72.1 Å². The quantitative estimate of drug-likeness (QED) is 0.389. The monoisotopic (exact) mass is 445 g/mol. The molecule has 0 radical (unpaired) electrons. The van der Waals surface area contributed by atoms with Crippen molar-refractivity contribution >= 4 is 34.6 Å². The average molecular weight is 445 g/mol. The molecule has 166 valence electrons. The van der Waals surface area contributed by atoms with Crippen LogP contribution in [0.25, 0.3) is 11.0 Å². The number of rotatable bonds is 8. The molecule has 33 heavy (non-hydrogen) atoms. The molecule has 0 aliphatic carbocycles. The van der Waals surface area contributed by atoms with Gasteiger partial charge in [-0.1, -0.05) is 12.1 Å². The Labute approximate surface area is 187 Å². The van der Waals surface area contributed by atoms with Crippen LogP contribution in [0.3, 0.4) is 0 Å². The third kappa shape index (κ3) is 3.91. The van der Waals surface area contributed by atoms with E-state index >= 15 is 0 Å². The van der Waals surface area contributed by atoms with Gasteiger partial charge in [0, 0.05) is 6.54 Å². The number of furan rings is 1. The van der Waals surface area contributed by atoms with E-state index in [2.05, 4.69) is 25.7 Å². The highest BCUT2D eigenvalue weighted by atomic mass is 16.3. The van der Waals surface area contributed by atoms with Crippen molar-refractivity contribution in [2.24, 2.45) is 0 Å².